The zero-order chi connectivity index (χ0) is 13.1. The van der Waals surface area contributed by atoms with Gasteiger partial charge in [-0.2, -0.15) is 0 Å². The second kappa shape index (κ2) is 5.04. The van der Waals surface area contributed by atoms with E-state index >= 15 is 0 Å². The molecular weight excluding hydrogens is 248 g/mol. The Labute approximate surface area is 98.2 Å². The number of hydrogen-bond donors (Lipinski definition) is 1. The van der Waals surface area contributed by atoms with E-state index in [0.717, 1.165) is 18.6 Å². The van der Waals surface area contributed by atoms with Crippen LogP contribution in [0.2, 0.25) is 0 Å². The average Bonchev–Trinajstić information content (AvgIpc) is 2.15. The van der Waals surface area contributed by atoms with Gasteiger partial charge in [-0.1, -0.05) is 0 Å². The molecule has 0 spiro atoms. The van der Waals surface area contributed by atoms with Gasteiger partial charge < -0.3 is 5.32 Å². The maximum Gasteiger partial charge on any atom is 0.305 e. The number of anilines is 1. The molecule has 0 fully saturated rings. The number of hydrogen-bond acceptors (Lipinski definition) is 7. The molecule has 9 heteroatoms. The van der Waals surface area contributed by atoms with Crippen LogP contribution in [0, 0.1) is 10.1 Å². The Hall–Kier alpha value is -1.77. The Morgan fingerprint density at radius 1 is 1.47 bits per heavy atom. The largest absolute Gasteiger partial charge is 0.351 e. The van der Waals surface area contributed by atoms with E-state index in [9.17, 15) is 18.5 Å². The first-order valence-electron chi connectivity index (χ1n) is 4.68. The molecule has 1 heterocycles. The number of aromatic nitrogens is 2. The van der Waals surface area contributed by atoms with Crippen molar-refractivity contribution in [2.75, 3.05) is 17.3 Å². The van der Waals surface area contributed by atoms with E-state index in [0.29, 0.717) is 0 Å². The minimum absolute atomic E-state index is 0.0622. The van der Waals surface area contributed by atoms with Crippen LogP contribution >= 0.6 is 0 Å². The maximum absolute atomic E-state index is 11.0. The quantitative estimate of drug-likeness (QED) is 0.595. The van der Waals surface area contributed by atoms with Crippen molar-refractivity contribution in [3.05, 3.63) is 22.5 Å². The van der Waals surface area contributed by atoms with E-state index in [2.05, 4.69) is 15.3 Å². The molecule has 0 bridgehead atoms. The van der Waals surface area contributed by atoms with Crippen LogP contribution in [0.4, 0.5) is 11.6 Å². The number of sulfone groups is 1. The van der Waals surface area contributed by atoms with Gasteiger partial charge in [-0.15, -0.1) is 0 Å². The van der Waals surface area contributed by atoms with Crippen LogP contribution in [-0.4, -0.2) is 41.4 Å². The molecule has 0 aliphatic carbocycles. The topological polar surface area (TPSA) is 115 Å². The fourth-order valence-electron chi connectivity index (χ4n) is 1.21. The van der Waals surface area contributed by atoms with Crippen molar-refractivity contribution < 1.29 is 13.3 Å². The molecule has 1 aromatic rings. The summed E-state index contributed by atoms with van der Waals surface area (Å²) >= 11 is 0. The highest BCUT2D eigenvalue weighted by Crippen LogP contribution is 2.09. The Kier molecular flexibility index (Phi) is 3.94. The van der Waals surface area contributed by atoms with Crippen molar-refractivity contribution in [2.24, 2.45) is 0 Å². The van der Waals surface area contributed by atoms with Gasteiger partial charge in [0.2, 0.25) is 5.95 Å². The smallest absolute Gasteiger partial charge is 0.305 e. The molecule has 0 aliphatic heterocycles. The van der Waals surface area contributed by atoms with Crippen molar-refractivity contribution in [1.82, 2.24) is 9.97 Å². The third-order valence-electron chi connectivity index (χ3n) is 1.78. The Morgan fingerprint density at radius 3 is 2.41 bits per heavy atom. The second-order valence-corrected chi connectivity index (χ2v) is 5.84. The van der Waals surface area contributed by atoms with Gasteiger partial charge in [0, 0.05) is 12.3 Å². The van der Waals surface area contributed by atoms with E-state index in [4.69, 9.17) is 0 Å². The van der Waals surface area contributed by atoms with Crippen molar-refractivity contribution >= 4 is 21.5 Å². The molecule has 0 saturated heterocycles. The van der Waals surface area contributed by atoms with Gasteiger partial charge in [-0.3, -0.25) is 10.1 Å². The molecule has 0 saturated carbocycles. The van der Waals surface area contributed by atoms with Crippen LogP contribution in [0.25, 0.3) is 0 Å². The van der Waals surface area contributed by atoms with Crippen LogP contribution in [0.15, 0.2) is 12.4 Å². The molecule has 0 unspecified atom stereocenters. The van der Waals surface area contributed by atoms with E-state index < -0.39 is 14.8 Å². The Morgan fingerprint density at radius 2 is 2.00 bits per heavy atom. The second-order valence-electron chi connectivity index (χ2n) is 3.66. The molecule has 0 radical (unpaired) electrons. The van der Waals surface area contributed by atoms with Crippen LogP contribution in [-0.2, 0) is 9.84 Å². The number of rotatable bonds is 5. The van der Waals surface area contributed by atoms with Crippen LogP contribution in [0.1, 0.15) is 6.92 Å². The monoisotopic (exact) mass is 260 g/mol. The summed E-state index contributed by atoms with van der Waals surface area (Å²) in [6.07, 6.45) is 3.24. The molecule has 0 amide bonds. The summed E-state index contributed by atoms with van der Waals surface area (Å²) in [4.78, 5) is 17.2. The highest BCUT2D eigenvalue weighted by Gasteiger charge is 2.12. The number of nitrogens with zero attached hydrogens (tertiary/aromatic N) is 3. The van der Waals surface area contributed by atoms with Crippen LogP contribution in [0.3, 0.4) is 0 Å². The summed E-state index contributed by atoms with van der Waals surface area (Å²) in [5, 5.41) is 13.1. The lowest BCUT2D eigenvalue weighted by molar-refractivity contribution is -0.385. The molecule has 1 aromatic heterocycles. The summed E-state index contributed by atoms with van der Waals surface area (Å²) in [6, 6.07) is -0.369. The number of nitrogens with one attached hydrogen (secondary N) is 1. The third kappa shape index (κ3) is 4.72. The summed E-state index contributed by atoms with van der Waals surface area (Å²) in [6.45, 7) is 1.66. The molecule has 17 heavy (non-hydrogen) atoms. The fraction of sp³-hybridized carbons (Fsp3) is 0.500. The van der Waals surface area contributed by atoms with Crippen LogP contribution < -0.4 is 5.32 Å². The number of nitro groups is 1. The van der Waals surface area contributed by atoms with Crippen molar-refractivity contribution in [2.45, 2.75) is 13.0 Å². The summed E-state index contributed by atoms with van der Waals surface area (Å²) in [5.74, 6) is 0.0969. The zero-order valence-electron chi connectivity index (χ0n) is 9.32. The predicted octanol–water partition coefficient (Wildman–Crippen LogP) is 0.230. The molecule has 1 atom stereocenters. The predicted molar refractivity (Wildman–Crippen MR) is 61.5 cm³/mol. The van der Waals surface area contributed by atoms with Crippen molar-refractivity contribution in [3.8, 4) is 0 Å². The van der Waals surface area contributed by atoms with Crippen molar-refractivity contribution in [1.29, 1.82) is 0 Å². The highest BCUT2D eigenvalue weighted by atomic mass is 32.2. The molecule has 0 aliphatic rings. The van der Waals surface area contributed by atoms with E-state index in [1.165, 1.54) is 0 Å². The molecular formula is C8H12N4O4S. The normalized spacial score (nSPS) is 13.1. The fourth-order valence-corrected chi connectivity index (χ4v) is 2.20. The van der Waals surface area contributed by atoms with Crippen LogP contribution in [0.5, 0.6) is 0 Å². The molecule has 1 rings (SSSR count). The van der Waals surface area contributed by atoms with Gasteiger partial charge in [0.1, 0.15) is 22.2 Å². The summed E-state index contributed by atoms with van der Waals surface area (Å²) in [5.41, 5.74) is -0.216. The lowest BCUT2D eigenvalue weighted by Crippen LogP contribution is -2.25. The average molecular weight is 260 g/mol. The van der Waals surface area contributed by atoms with Gasteiger partial charge in [-0.25, -0.2) is 18.4 Å². The molecule has 94 valence electrons. The minimum Gasteiger partial charge on any atom is -0.351 e. The third-order valence-corrected chi connectivity index (χ3v) is 2.88. The zero-order valence-corrected chi connectivity index (χ0v) is 10.1. The summed E-state index contributed by atoms with van der Waals surface area (Å²) in [7, 11) is -3.09. The first kappa shape index (κ1) is 13.3. The molecule has 0 aromatic carbocycles. The van der Waals surface area contributed by atoms with Gasteiger partial charge in [0.05, 0.1) is 10.7 Å². The standard InChI is InChI=1S/C8H12N4O4S/c1-6(5-17(2,15)16)11-8-9-3-7(4-10-8)12(13)14/h3-4,6H,5H2,1-2H3,(H,9,10,11)/t6-/m1/s1. The maximum atomic E-state index is 11.0. The lowest BCUT2D eigenvalue weighted by Gasteiger charge is -2.11. The molecule has 1 N–H and O–H groups in total. The first-order chi connectivity index (χ1) is 7.78. The molecule has 8 nitrogen and oxygen atoms in total. The Balaban J connectivity index is 2.66. The first-order valence-corrected chi connectivity index (χ1v) is 6.74. The lowest BCUT2D eigenvalue weighted by atomic mass is 10.4. The minimum atomic E-state index is -3.09. The van der Waals surface area contributed by atoms with Gasteiger partial charge in [-0.05, 0) is 6.92 Å². The van der Waals surface area contributed by atoms with E-state index in [-0.39, 0.29) is 23.4 Å². The van der Waals surface area contributed by atoms with E-state index in [1.807, 2.05) is 0 Å². The van der Waals surface area contributed by atoms with Gasteiger partial charge in [0.25, 0.3) is 0 Å². The Bertz CT molecular complexity index is 499. The summed E-state index contributed by atoms with van der Waals surface area (Å²) < 4.78 is 22.0. The van der Waals surface area contributed by atoms with E-state index in [1.54, 1.807) is 6.92 Å². The van der Waals surface area contributed by atoms with Crippen molar-refractivity contribution in [3.63, 3.8) is 0 Å². The SMILES string of the molecule is C[C@H](CS(C)(=O)=O)Nc1ncc([N+](=O)[O-])cn1. The highest BCUT2D eigenvalue weighted by molar-refractivity contribution is 7.90. The van der Waals surface area contributed by atoms with Gasteiger partial charge >= 0.3 is 5.69 Å². The van der Waals surface area contributed by atoms with Gasteiger partial charge in [0.15, 0.2) is 0 Å².